The maximum absolute atomic E-state index is 10.2. The maximum Gasteiger partial charge on any atom is 0.317 e. The minimum Gasteiger partial charge on any atom is -0.480 e. The van der Waals surface area contributed by atoms with E-state index in [4.69, 9.17) is 21.9 Å². The van der Waals surface area contributed by atoms with Gasteiger partial charge in [0.1, 0.15) is 0 Å². The van der Waals surface area contributed by atoms with E-state index >= 15 is 0 Å². The Kier molecular flexibility index (Phi) is 13.5. The molecule has 1 aromatic rings. The molecule has 9 heteroatoms. The van der Waals surface area contributed by atoms with E-state index in [0.29, 0.717) is 23.6 Å². The number of benzene rings is 1. The Balaban J connectivity index is 0.000000366. The monoisotopic (exact) mass is 385 g/mol. The van der Waals surface area contributed by atoms with Gasteiger partial charge in [0, 0.05) is 23.6 Å². The summed E-state index contributed by atoms with van der Waals surface area (Å²) >= 11 is 5.70. The standard InChI is InChI=1S/C7H6ClNO.C6H13NO2.C4H5NO2/c8-7-4-2-1-3-6(7)5-9-10;1-2-3-4-7-5-6(8)9;6-3-1-2-5-4(3)7/h1-5,10H;7H,2-5H2,1H3,(H,8,9);1-2H2,(H,5,7). The fraction of sp³-hybridized carbons (Fsp3) is 0.412. The zero-order chi connectivity index (χ0) is 19.8. The number of nitrogens with one attached hydrogen (secondary N) is 2. The summed E-state index contributed by atoms with van der Waals surface area (Å²) in [5.41, 5.74) is 0.715. The SMILES string of the molecule is CCCCNCC(=O)O.O=C1CCNC1=O.ON=Cc1ccccc1Cl. The van der Waals surface area contributed by atoms with Crippen LogP contribution in [0.15, 0.2) is 29.4 Å². The first-order valence-electron chi connectivity index (χ1n) is 8.07. The number of hydrogen-bond acceptors (Lipinski definition) is 6. The van der Waals surface area contributed by atoms with Crippen molar-refractivity contribution < 1.29 is 24.7 Å². The normalized spacial score (nSPS) is 12.7. The van der Waals surface area contributed by atoms with E-state index in [1.54, 1.807) is 12.1 Å². The highest BCUT2D eigenvalue weighted by Gasteiger charge is 2.18. The molecule has 0 unspecified atom stereocenters. The number of ketones is 1. The molecule has 1 aliphatic heterocycles. The number of unbranched alkanes of at least 4 members (excludes halogenated alkanes) is 1. The predicted octanol–water partition coefficient (Wildman–Crippen LogP) is 1.68. The van der Waals surface area contributed by atoms with E-state index in [-0.39, 0.29) is 12.3 Å². The Morgan fingerprint density at radius 1 is 1.38 bits per heavy atom. The topological polar surface area (TPSA) is 128 Å². The van der Waals surface area contributed by atoms with Gasteiger partial charge in [-0.3, -0.25) is 14.4 Å². The molecule has 0 atom stereocenters. The largest absolute Gasteiger partial charge is 0.480 e. The summed E-state index contributed by atoms with van der Waals surface area (Å²) < 4.78 is 0. The van der Waals surface area contributed by atoms with Gasteiger partial charge in [-0.15, -0.1) is 0 Å². The summed E-state index contributed by atoms with van der Waals surface area (Å²) in [4.78, 5) is 30.2. The highest BCUT2D eigenvalue weighted by molar-refractivity contribution is 6.37. The van der Waals surface area contributed by atoms with E-state index < -0.39 is 11.9 Å². The lowest BCUT2D eigenvalue weighted by atomic mass is 10.2. The Morgan fingerprint density at radius 3 is 2.50 bits per heavy atom. The molecule has 0 bridgehead atoms. The lowest BCUT2D eigenvalue weighted by Gasteiger charge is -1.96. The highest BCUT2D eigenvalue weighted by Crippen LogP contribution is 2.11. The summed E-state index contributed by atoms with van der Waals surface area (Å²) in [6, 6.07) is 7.14. The first kappa shape index (κ1) is 23.5. The number of Topliss-reactive ketones (excluding diaryl/α,β-unsaturated/α-hetero) is 1. The number of aliphatic carboxylic acids is 1. The molecule has 0 radical (unpaired) electrons. The van der Waals surface area contributed by atoms with Crippen molar-refractivity contribution >= 4 is 35.5 Å². The predicted molar refractivity (Wildman–Crippen MR) is 98.9 cm³/mol. The second-order valence-corrected chi connectivity index (χ2v) is 5.53. The number of hydrogen-bond donors (Lipinski definition) is 4. The molecule has 0 aromatic heterocycles. The average molecular weight is 386 g/mol. The first-order chi connectivity index (χ1) is 12.4. The molecule has 1 saturated heterocycles. The van der Waals surface area contributed by atoms with Crippen molar-refractivity contribution in [1.29, 1.82) is 0 Å². The molecule has 1 amide bonds. The minimum atomic E-state index is -0.786. The molecule has 8 nitrogen and oxygen atoms in total. The number of nitrogens with zero attached hydrogens (tertiary/aromatic N) is 1. The molecule has 0 spiro atoms. The smallest absolute Gasteiger partial charge is 0.317 e. The van der Waals surface area contributed by atoms with Crippen LogP contribution in [-0.4, -0.2) is 53.8 Å². The number of carboxylic acids is 1. The first-order valence-corrected chi connectivity index (χ1v) is 8.45. The molecule has 1 aromatic carbocycles. The van der Waals surface area contributed by atoms with Crippen molar-refractivity contribution in [3.63, 3.8) is 0 Å². The number of amides is 1. The van der Waals surface area contributed by atoms with Crippen LogP contribution >= 0.6 is 11.6 Å². The summed E-state index contributed by atoms with van der Waals surface area (Å²) in [5, 5.41) is 24.9. The van der Waals surface area contributed by atoms with E-state index in [9.17, 15) is 14.4 Å². The molecular formula is C17H24ClN3O5. The van der Waals surface area contributed by atoms with Gasteiger partial charge in [-0.05, 0) is 19.0 Å². The van der Waals surface area contributed by atoms with Gasteiger partial charge in [-0.2, -0.15) is 0 Å². The molecule has 1 fully saturated rings. The Labute approximate surface area is 157 Å². The minimum absolute atomic E-state index is 0.0833. The van der Waals surface area contributed by atoms with E-state index in [1.165, 1.54) is 6.21 Å². The van der Waals surface area contributed by atoms with Crippen LogP contribution in [0.1, 0.15) is 31.7 Å². The second-order valence-electron chi connectivity index (χ2n) is 5.12. The third kappa shape index (κ3) is 12.0. The molecule has 1 aliphatic rings. The van der Waals surface area contributed by atoms with Crippen molar-refractivity contribution in [2.75, 3.05) is 19.6 Å². The lowest BCUT2D eigenvalue weighted by molar-refractivity contribution is -0.136. The Bertz CT molecular complexity index is 594. The van der Waals surface area contributed by atoms with E-state index in [0.717, 1.165) is 19.4 Å². The van der Waals surface area contributed by atoms with Crippen LogP contribution in [0.25, 0.3) is 0 Å². The summed E-state index contributed by atoms with van der Waals surface area (Å²) in [6.07, 6.45) is 3.82. The van der Waals surface area contributed by atoms with Crippen LogP contribution in [0.4, 0.5) is 0 Å². The van der Waals surface area contributed by atoms with Crippen LogP contribution in [0.3, 0.4) is 0 Å². The highest BCUT2D eigenvalue weighted by atomic mass is 35.5. The number of carboxylic acid groups (broad SMARTS) is 1. The van der Waals surface area contributed by atoms with Gasteiger partial charge in [0.15, 0.2) is 0 Å². The average Bonchev–Trinajstić information content (AvgIpc) is 2.98. The third-order valence-electron chi connectivity index (χ3n) is 2.98. The van der Waals surface area contributed by atoms with Crippen LogP contribution in [0.5, 0.6) is 0 Å². The lowest BCUT2D eigenvalue weighted by Crippen LogP contribution is -2.23. The molecule has 0 aliphatic carbocycles. The van der Waals surface area contributed by atoms with Gasteiger partial charge >= 0.3 is 5.97 Å². The second kappa shape index (κ2) is 14.9. The number of halogens is 1. The third-order valence-corrected chi connectivity index (χ3v) is 3.32. The van der Waals surface area contributed by atoms with Crippen LogP contribution < -0.4 is 10.6 Å². The summed E-state index contributed by atoms with van der Waals surface area (Å²) in [5.74, 6) is -1.51. The van der Waals surface area contributed by atoms with Crippen molar-refractivity contribution in [3.05, 3.63) is 34.9 Å². The van der Waals surface area contributed by atoms with E-state index in [1.807, 2.05) is 12.1 Å². The summed E-state index contributed by atoms with van der Waals surface area (Å²) in [7, 11) is 0. The zero-order valence-electron chi connectivity index (χ0n) is 14.6. The molecule has 4 N–H and O–H groups in total. The molecule has 0 saturated carbocycles. The zero-order valence-corrected chi connectivity index (χ0v) is 15.3. The van der Waals surface area contributed by atoms with Gasteiger partial charge in [0.25, 0.3) is 5.91 Å². The molecule has 26 heavy (non-hydrogen) atoms. The number of carbonyl (C=O) groups excluding carboxylic acids is 2. The Hall–Kier alpha value is -2.45. The van der Waals surface area contributed by atoms with Crippen molar-refractivity contribution in [2.45, 2.75) is 26.2 Å². The van der Waals surface area contributed by atoms with Crippen LogP contribution in [0, 0.1) is 0 Å². The van der Waals surface area contributed by atoms with Gasteiger partial charge in [0.2, 0.25) is 5.78 Å². The molecule has 1 heterocycles. The summed E-state index contributed by atoms with van der Waals surface area (Å²) in [6.45, 7) is 3.49. The number of carbonyl (C=O) groups is 3. The van der Waals surface area contributed by atoms with Gasteiger partial charge in [-0.1, -0.05) is 48.3 Å². The van der Waals surface area contributed by atoms with Gasteiger partial charge in [-0.25, -0.2) is 0 Å². The van der Waals surface area contributed by atoms with Crippen LogP contribution in [-0.2, 0) is 14.4 Å². The molecular weight excluding hydrogens is 362 g/mol. The van der Waals surface area contributed by atoms with Crippen LogP contribution in [0.2, 0.25) is 5.02 Å². The van der Waals surface area contributed by atoms with E-state index in [2.05, 4.69) is 22.7 Å². The Morgan fingerprint density at radius 2 is 2.08 bits per heavy atom. The fourth-order valence-electron chi connectivity index (χ4n) is 1.64. The van der Waals surface area contributed by atoms with Crippen molar-refractivity contribution in [2.24, 2.45) is 5.16 Å². The van der Waals surface area contributed by atoms with Gasteiger partial charge < -0.3 is 20.9 Å². The van der Waals surface area contributed by atoms with Crippen molar-refractivity contribution in [1.82, 2.24) is 10.6 Å². The molecule has 144 valence electrons. The molecule has 2 rings (SSSR count). The quantitative estimate of drug-likeness (QED) is 0.194. The fourth-order valence-corrected chi connectivity index (χ4v) is 1.83. The van der Waals surface area contributed by atoms with Crippen molar-refractivity contribution in [3.8, 4) is 0 Å². The number of oxime groups is 1. The maximum atomic E-state index is 10.2. The van der Waals surface area contributed by atoms with Gasteiger partial charge in [0.05, 0.1) is 12.8 Å². The number of rotatable bonds is 6.